The van der Waals surface area contributed by atoms with Gasteiger partial charge in [-0.1, -0.05) is 20.3 Å². The highest BCUT2D eigenvalue weighted by molar-refractivity contribution is 7.80. The summed E-state index contributed by atoms with van der Waals surface area (Å²) in [6.45, 7) is 5.26. The zero-order valence-electron chi connectivity index (χ0n) is 12.6. The molecule has 0 radical (unpaired) electrons. The molecule has 0 aromatic carbocycles. The Morgan fingerprint density at radius 1 is 1.45 bits per heavy atom. The van der Waals surface area contributed by atoms with Crippen LogP contribution in [0.1, 0.15) is 38.7 Å². The third-order valence-corrected chi connectivity index (χ3v) is 3.40. The van der Waals surface area contributed by atoms with Crippen molar-refractivity contribution >= 4 is 17.3 Å². The van der Waals surface area contributed by atoms with Crippen molar-refractivity contribution in [3.05, 3.63) is 23.9 Å². The number of pyridine rings is 1. The summed E-state index contributed by atoms with van der Waals surface area (Å²) in [4.78, 5) is 4.12. The van der Waals surface area contributed by atoms with Crippen LogP contribution in [0.4, 0.5) is 0 Å². The first-order valence-corrected chi connectivity index (χ1v) is 7.63. The van der Waals surface area contributed by atoms with Crippen molar-refractivity contribution < 1.29 is 4.74 Å². The maximum Gasteiger partial charge on any atom is 0.213 e. The Balaban J connectivity index is 2.47. The molecule has 0 saturated heterocycles. The Kier molecular flexibility index (Phi) is 7.95. The number of aromatic nitrogens is 1. The molecule has 0 aliphatic heterocycles. The second-order valence-corrected chi connectivity index (χ2v) is 5.18. The number of nitrogens with zero attached hydrogens (tertiary/aromatic N) is 1. The Labute approximate surface area is 127 Å². The van der Waals surface area contributed by atoms with Crippen LogP contribution < -0.4 is 15.4 Å². The van der Waals surface area contributed by atoms with Crippen LogP contribution in [0.5, 0.6) is 5.88 Å². The highest BCUT2D eigenvalue weighted by atomic mass is 32.1. The largest absolute Gasteiger partial charge is 0.481 e. The van der Waals surface area contributed by atoms with Crippen LogP contribution >= 0.6 is 12.2 Å². The molecule has 4 nitrogen and oxygen atoms in total. The van der Waals surface area contributed by atoms with Gasteiger partial charge in [-0.15, -0.1) is 0 Å². The lowest BCUT2D eigenvalue weighted by molar-refractivity contribution is 0.397. The van der Waals surface area contributed by atoms with E-state index in [0.29, 0.717) is 11.9 Å². The van der Waals surface area contributed by atoms with Crippen molar-refractivity contribution in [2.45, 2.75) is 45.6 Å². The number of hydrogen-bond acceptors (Lipinski definition) is 3. The monoisotopic (exact) mass is 295 g/mol. The van der Waals surface area contributed by atoms with E-state index >= 15 is 0 Å². The Morgan fingerprint density at radius 2 is 2.25 bits per heavy atom. The first kappa shape index (κ1) is 16.7. The van der Waals surface area contributed by atoms with E-state index in [1.165, 1.54) is 12.0 Å². The molecule has 0 saturated carbocycles. The number of unbranched alkanes of at least 4 members (excludes halogenated alkanes) is 1. The van der Waals surface area contributed by atoms with Crippen LogP contribution in [0, 0.1) is 0 Å². The minimum atomic E-state index is 0.323. The summed E-state index contributed by atoms with van der Waals surface area (Å²) in [6, 6.07) is 4.31. The van der Waals surface area contributed by atoms with E-state index in [-0.39, 0.29) is 0 Å². The first-order valence-electron chi connectivity index (χ1n) is 7.22. The first-order chi connectivity index (χ1) is 9.69. The summed E-state index contributed by atoms with van der Waals surface area (Å²) >= 11 is 5.32. The fourth-order valence-electron chi connectivity index (χ4n) is 1.89. The predicted molar refractivity (Wildman–Crippen MR) is 87.2 cm³/mol. The topological polar surface area (TPSA) is 46.2 Å². The SMILES string of the molecule is CCCCNC(=S)NC(CC)Cc1ccnc(OC)c1. The fraction of sp³-hybridized carbons (Fsp3) is 0.600. The van der Waals surface area contributed by atoms with Crippen LogP contribution in [-0.2, 0) is 6.42 Å². The van der Waals surface area contributed by atoms with E-state index in [4.69, 9.17) is 17.0 Å². The molecule has 1 rings (SSSR count). The number of ether oxygens (including phenoxy) is 1. The zero-order valence-corrected chi connectivity index (χ0v) is 13.4. The lowest BCUT2D eigenvalue weighted by Crippen LogP contribution is -2.42. The number of nitrogens with one attached hydrogen (secondary N) is 2. The van der Waals surface area contributed by atoms with Crippen molar-refractivity contribution in [1.82, 2.24) is 15.6 Å². The van der Waals surface area contributed by atoms with Gasteiger partial charge in [-0.25, -0.2) is 4.98 Å². The predicted octanol–water partition coefficient (Wildman–Crippen LogP) is 2.68. The van der Waals surface area contributed by atoms with Crippen LogP contribution in [-0.4, -0.2) is 29.8 Å². The lowest BCUT2D eigenvalue weighted by atomic mass is 10.1. The van der Waals surface area contributed by atoms with E-state index in [1.54, 1.807) is 13.3 Å². The molecule has 1 aromatic rings. The molecule has 20 heavy (non-hydrogen) atoms. The van der Waals surface area contributed by atoms with E-state index in [1.807, 2.05) is 12.1 Å². The smallest absolute Gasteiger partial charge is 0.213 e. The van der Waals surface area contributed by atoms with Crippen molar-refractivity contribution in [2.75, 3.05) is 13.7 Å². The van der Waals surface area contributed by atoms with E-state index in [2.05, 4.69) is 29.5 Å². The fourth-order valence-corrected chi connectivity index (χ4v) is 2.15. The highest BCUT2D eigenvalue weighted by Crippen LogP contribution is 2.11. The molecule has 0 bridgehead atoms. The van der Waals surface area contributed by atoms with Crippen molar-refractivity contribution in [2.24, 2.45) is 0 Å². The standard InChI is InChI=1S/C15H25N3OS/c1-4-6-8-17-15(20)18-13(5-2)10-12-7-9-16-14(11-12)19-3/h7,9,11,13H,4-6,8,10H2,1-3H3,(H2,17,18,20). The molecule has 5 heteroatoms. The molecule has 1 aromatic heterocycles. The second kappa shape index (κ2) is 9.53. The maximum atomic E-state index is 5.32. The summed E-state index contributed by atoms with van der Waals surface area (Å²) < 4.78 is 5.15. The number of methoxy groups -OCH3 is 1. The molecule has 2 N–H and O–H groups in total. The minimum absolute atomic E-state index is 0.323. The van der Waals surface area contributed by atoms with Crippen molar-refractivity contribution in [1.29, 1.82) is 0 Å². The Bertz CT molecular complexity index is 412. The lowest BCUT2D eigenvalue weighted by Gasteiger charge is -2.19. The van der Waals surface area contributed by atoms with Crippen LogP contribution in [0.2, 0.25) is 0 Å². The van der Waals surface area contributed by atoms with Crippen molar-refractivity contribution in [3.8, 4) is 5.88 Å². The molecule has 0 aliphatic rings. The number of hydrogen-bond donors (Lipinski definition) is 2. The van der Waals surface area contributed by atoms with Gasteiger partial charge in [0.2, 0.25) is 5.88 Å². The molecule has 0 spiro atoms. The molecule has 0 aliphatic carbocycles. The summed E-state index contributed by atoms with van der Waals surface area (Å²) in [6.07, 6.45) is 6.01. The average molecular weight is 295 g/mol. The number of thiocarbonyl (C=S) groups is 1. The quantitative estimate of drug-likeness (QED) is 0.570. The van der Waals surface area contributed by atoms with Crippen LogP contribution in [0.15, 0.2) is 18.3 Å². The van der Waals surface area contributed by atoms with Crippen LogP contribution in [0.25, 0.3) is 0 Å². The van der Waals surface area contributed by atoms with Gasteiger partial charge in [-0.05, 0) is 43.1 Å². The van der Waals surface area contributed by atoms with Gasteiger partial charge in [0.05, 0.1) is 7.11 Å². The van der Waals surface area contributed by atoms with Gasteiger partial charge in [0.1, 0.15) is 0 Å². The van der Waals surface area contributed by atoms with Gasteiger partial charge >= 0.3 is 0 Å². The molecule has 1 unspecified atom stereocenters. The third-order valence-electron chi connectivity index (χ3n) is 3.13. The van der Waals surface area contributed by atoms with E-state index in [9.17, 15) is 0 Å². The van der Waals surface area contributed by atoms with E-state index < -0.39 is 0 Å². The molecule has 112 valence electrons. The van der Waals surface area contributed by atoms with Gasteiger partial charge in [-0.2, -0.15) is 0 Å². The second-order valence-electron chi connectivity index (χ2n) is 4.77. The Morgan fingerprint density at radius 3 is 2.90 bits per heavy atom. The summed E-state index contributed by atoms with van der Waals surface area (Å²) in [7, 11) is 1.63. The van der Waals surface area contributed by atoms with Crippen LogP contribution in [0.3, 0.4) is 0 Å². The molecule has 1 heterocycles. The third kappa shape index (κ3) is 6.19. The van der Waals surface area contributed by atoms with E-state index in [0.717, 1.165) is 30.9 Å². The van der Waals surface area contributed by atoms with Gasteiger partial charge in [0.15, 0.2) is 5.11 Å². The summed E-state index contributed by atoms with van der Waals surface area (Å²) in [5.41, 5.74) is 1.20. The number of rotatable bonds is 8. The zero-order chi connectivity index (χ0) is 14.8. The van der Waals surface area contributed by atoms with Gasteiger partial charge in [0, 0.05) is 24.8 Å². The molecular weight excluding hydrogens is 270 g/mol. The minimum Gasteiger partial charge on any atom is -0.481 e. The van der Waals surface area contributed by atoms with Gasteiger partial charge < -0.3 is 15.4 Å². The maximum absolute atomic E-state index is 5.32. The average Bonchev–Trinajstić information content (AvgIpc) is 2.47. The molecule has 0 fully saturated rings. The molecular formula is C15H25N3OS. The highest BCUT2D eigenvalue weighted by Gasteiger charge is 2.09. The normalized spacial score (nSPS) is 11.8. The summed E-state index contributed by atoms with van der Waals surface area (Å²) in [5, 5.41) is 7.35. The van der Waals surface area contributed by atoms with Gasteiger partial charge in [-0.3, -0.25) is 0 Å². The summed E-state index contributed by atoms with van der Waals surface area (Å²) in [5.74, 6) is 0.654. The molecule has 0 amide bonds. The van der Waals surface area contributed by atoms with Crippen molar-refractivity contribution in [3.63, 3.8) is 0 Å². The Hall–Kier alpha value is -1.36. The van der Waals surface area contributed by atoms with Gasteiger partial charge in [0.25, 0.3) is 0 Å². The molecule has 1 atom stereocenters.